The van der Waals surface area contributed by atoms with Gasteiger partial charge in [-0.1, -0.05) is 48.0 Å². The van der Waals surface area contributed by atoms with Crippen molar-refractivity contribution in [1.29, 1.82) is 0 Å². The van der Waals surface area contributed by atoms with Crippen LogP contribution >= 0.6 is 0 Å². The van der Waals surface area contributed by atoms with Gasteiger partial charge in [0.25, 0.3) is 0 Å². The molecule has 5 nitrogen and oxygen atoms in total. The molecule has 162 valence electrons. The van der Waals surface area contributed by atoms with E-state index in [1.165, 1.54) is 5.56 Å². The number of benzene rings is 3. The number of para-hydroxylation sites is 3. The van der Waals surface area contributed by atoms with Crippen LogP contribution in [0.25, 0.3) is 11.0 Å². The second-order valence-corrected chi connectivity index (χ2v) is 8.47. The van der Waals surface area contributed by atoms with Crippen molar-refractivity contribution in [3.05, 3.63) is 89.7 Å². The smallest absolute Gasteiger partial charge is 0.227 e. The highest BCUT2D eigenvalue weighted by atomic mass is 16.5. The number of aromatic nitrogens is 2. The monoisotopic (exact) mass is 425 g/mol. The van der Waals surface area contributed by atoms with E-state index in [0.29, 0.717) is 26.1 Å². The summed E-state index contributed by atoms with van der Waals surface area (Å²) in [6.45, 7) is 5.97. The maximum absolute atomic E-state index is 12.9. The summed E-state index contributed by atoms with van der Waals surface area (Å²) < 4.78 is 8.30. The van der Waals surface area contributed by atoms with E-state index in [2.05, 4.69) is 30.5 Å². The van der Waals surface area contributed by atoms with Gasteiger partial charge in [0.05, 0.1) is 17.6 Å². The highest BCUT2D eigenvalue weighted by Crippen LogP contribution is 2.33. The van der Waals surface area contributed by atoms with Gasteiger partial charge in [-0.3, -0.25) is 4.79 Å². The number of hydrogen-bond acceptors (Lipinski definition) is 3. The van der Waals surface area contributed by atoms with Crippen LogP contribution in [0.15, 0.2) is 72.8 Å². The van der Waals surface area contributed by atoms with Gasteiger partial charge in [-0.15, -0.1) is 0 Å². The standard InChI is InChI=1S/C27H27N3O2/c1-19-11-13-22(14-12-19)30-18-21(17-26(30)31)27-28-23-8-4-5-9-24(23)29(27)15-16-32-25-10-6-3-7-20(25)2/h3-14,21H,15-18H2,1-2H3/t21-/m0/s1. The summed E-state index contributed by atoms with van der Waals surface area (Å²) in [5.74, 6) is 2.06. The third-order valence-corrected chi connectivity index (χ3v) is 6.19. The third kappa shape index (κ3) is 3.86. The molecule has 1 aliphatic heterocycles. The summed E-state index contributed by atoms with van der Waals surface area (Å²) in [4.78, 5) is 19.7. The van der Waals surface area contributed by atoms with Gasteiger partial charge >= 0.3 is 0 Å². The molecule has 0 radical (unpaired) electrons. The number of amides is 1. The summed E-state index contributed by atoms with van der Waals surface area (Å²) in [5, 5.41) is 0. The first kappa shape index (κ1) is 20.3. The van der Waals surface area contributed by atoms with Gasteiger partial charge in [0.1, 0.15) is 18.2 Å². The number of hydrogen-bond donors (Lipinski definition) is 0. The molecule has 32 heavy (non-hydrogen) atoms. The predicted molar refractivity (Wildman–Crippen MR) is 127 cm³/mol. The van der Waals surface area contributed by atoms with Gasteiger partial charge in [0.15, 0.2) is 0 Å². The molecular formula is C27H27N3O2. The third-order valence-electron chi connectivity index (χ3n) is 6.19. The predicted octanol–water partition coefficient (Wildman–Crippen LogP) is 5.25. The lowest BCUT2D eigenvalue weighted by Gasteiger charge is -2.18. The molecule has 0 saturated carbocycles. The molecule has 5 rings (SSSR count). The summed E-state index contributed by atoms with van der Waals surface area (Å²) >= 11 is 0. The van der Waals surface area contributed by atoms with Gasteiger partial charge in [-0.25, -0.2) is 4.98 Å². The largest absolute Gasteiger partial charge is 0.491 e. The van der Waals surface area contributed by atoms with Crippen LogP contribution in [0.3, 0.4) is 0 Å². The lowest BCUT2D eigenvalue weighted by molar-refractivity contribution is -0.117. The van der Waals surface area contributed by atoms with E-state index in [1.807, 2.05) is 65.6 Å². The first-order valence-corrected chi connectivity index (χ1v) is 11.1. The van der Waals surface area contributed by atoms with E-state index < -0.39 is 0 Å². The Morgan fingerprint density at radius 2 is 1.72 bits per heavy atom. The quantitative estimate of drug-likeness (QED) is 0.424. The second-order valence-electron chi connectivity index (χ2n) is 8.47. The summed E-state index contributed by atoms with van der Waals surface area (Å²) in [6, 6.07) is 24.4. The molecule has 1 atom stereocenters. The summed E-state index contributed by atoms with van der Waals surface area (Å²) in [6.07, 6.45) is 0.468. The van der Waals surface area contributed by atoms with E-state index in [9.17, 15) is 4.79 Å². The number of rotatable bonds is 6. The minimum atomic E-state index is 0.0506. The zero-order valence-electron chi connectivity index (χ0n) is 18.5. The number of carbonyl (C=O) groups is 1. The Morgan fingerprint density at radius 3 is 2.53 bits per heavy atom. The van der Waals surface area contributed by atoms with Gasteiger partial charge < -0.3 is 14.2 Å². The molecule has 1 aliphatic rings. The molecule has 4 aromatic rings. The van der Waals surface area contributed by atoms with E-state index in [0.717, 1.165) is 33.9 Å². The first-order chi connectivity index (χ1) is 15.6. The molecule has 5 heteroatoms. The number of ether oxygens (including phenoxy) is 1. The van der Waals surface area contributed by atoms with Crippen molar-refractivity contribution in [3.63, 3.8) is 0 Å². The Balaban J connectivity index is 1.41. The fraction of sp³-hybridized carbons (Fsp3) is 0.259. The molecule has 1 amide bonds. The second kappa shape index (κ2) is 8.50. The molecule has 0 bridgehead atoms. The van der Waals surface area contributed by atoms with Crippen LogP contribution in [0.1, 0.15) is 29.3 Å². The first-order valence-electron chi connectivity index (χ1n) is 11.1. The van der Waals surface area contributed by atoms with Crippen LogP contribution in [-0.4, -0.2) is 28.6 Å². The Labute approximate surface area is 188 Å². The van der Waals surface area contributed by atoms with Crippen molar-refractivity contribution in [2.45, 2.75) is 32.7 Å². The molecule has 0 aliphatic carbocycles. The zero-order valence-corrected chi connectivity index (χ0v) is 18.5. The molecule has 3 aromatic carbocycles. The van der Waals surface area contributed by atoms with Crippen LogP contribution < -0.4 is 9.64 Å². The summed E-state index contributed by atoms with van der Waals surface area (Å²) in [7, 11) is 0. The van der Waals surface area contributed by atoms with Crippen LogP contribution in [0.5, 0.6) is 5.75 Å². The van der Waals surface area contributed by atoms with Crippen molar-refractivity contribution in [2.24, 2.45) is 0 Å². The zero-order chi connectivity index (χ0) is 22.1. The van der Waals surface area contributed by atoms with Crippen LogP contribution in [-0.2, 0) is 11.3 Å². The molecule has 0 unspecified atom stereocenters. The lowest BCUT2D eigenvalue weighted by Crippen LogP contribution is -2.24. The molecular weight excluding hydrogens is 398 g/mol. The molecule has 2 heterocycles. The Morgan fingerprint density at radius 1 is 0.969 bits per heavy atom. The van der Waals surface area contributed by atoms with Gasteiger partial charge in [0, 0.05) is 24.6 Å². The topological polar surface area (TPSA) is 47.4 Å². The minimum Gasteiger partial charge on any atom is -0.491 e. The maximum Gasteiger partial charge on any atom is 0.227 e. The molecule has 0 N–H and O–H groups in total. The van der Waals surface area contributed by atoms with E-state index in [4.69, 9.17) is 9.72 Å². The van der Waals surface area contributed by atoms with Crippen molar-refractivity contribution in [2.75, 3.05) is 18.1 Å². The number of nitrogens with zero attached hydrogens (tertiary/aromatic N) is 3. The fourth-order valence-corrected chi connectivity index (χ4v) is 4.46. The molecule has 1 aromatic heterocycles. The SMILES string of the molecule is Cc1ccc(N2C[C@@H](c3nc4ccccc4n3CCOc3ccccc3C)CC2=O)cc1. The fourth-order valence-electron chi connectivity index (χ4n) is 4.46. The number of fused-ring (bicyclic) bond motifs is 1. The molecule has 0 spiro atoms. The van der Waals surface area contributed by atoms with Crippen LogP contribution in [0, 0.1) is 13.8 Å². The Kier molecular flexibility index (Phi) is 5.39. The normalized spacial score (nSPS) is 16.1. The van der Waals surface area contributed by atoms with Crippen molar-refractivity contribution < 1.29 is 9.53 Å². The highest BCUT2D eigenvalue weighted by molar-refractivity contribution is 5.96. The number of aryl methyl sites for hydroxylation is 2. The lowest BCUT2D eigenvalue weighted by atomic mass is 10.1. The summed E-state index contributed by atoms with van der Waals surface area (Å²) in [5.41, 5.74) is 5.30. The van der Waals surface area contributed by atoms with Crippen LogP contribution in [0.2, 0.25) is 0 Å². The number of imidazole rings is 1. The van der Waals surface area contributed by atoms with E-state index in [-0.39, 0.29) is 11.8 Å². The van der Waals surface area contributed by atoms with Gasteiger partial charge in [-0.2, -0.15) is 0 Å². The van der Waals surface area contributed by atoms with Crippen molar-refractivity contribution in [1.82, 2.24) is 9.55 Å². The maximum atomic E-state index is 12.9. The Hall–Kier alpha value is -3.60. The van der Waals surface area contributed by atoms with E-state index >= 15 is 0 Å². The van der Waals surface area contributed by atoms with Gasteiger partial charge in [0.2, 0.25) is 5.91 Å². The highest BCUT2D eigenvalue weighted by Gasteiger charge is 2.34. The number of carbonyl (C=O) groups excluding carboxylic acids is 1. The molecule has 1 saturated heterocycles. The Bertz CT molecular complexity index is 1260. The van der Waals surface area contributed by atoms with Gasteiger partial charge in [-0.05, 0) is 49.7 Å². The van der Waals surface area contributed by atoms with Crippen molar-refractivity contribution >= 4 is 22.6 Å². The van der Waals surface area contributed by atoms with Crippen molar-refractivity contribution in [3.8, 4) is 5.75 Å². The average Bonchev–Trinajstić information content (AvgIpc) is 3.36. The minimum absolute atomic E-state index is 0.0506. The molecule has 1 fully saturated rings. The van der Waals surface area contributed by atoms with Crippen LogP contribution in [0.4, 0.5) is 5.69 Å². The number of anilines is 1. The average molecular weight is 426 g/mol. The van der Waals surface area contributed by atoms with E-state index in [1.54, 1.807) is 0 Å².